The van der Waals surface area contributed by atoms with Gasteiger partial charge in [0.05, 0.1) is 4.88 Å². The molecule has 3 fully saturated rings. The molecule has 118 valence electrons. The van der Waals surface area contributed by atoms with Crippen LogP contribution in [0.5, 0.6) is 0 Å². The van der Waals surface area contributed by atoms with Crippen molar-refractivity contribution in [3.05, 3.63) is 28.9 Å². The van der Waals surface area contributed by atoms with Crippen molar-refractivity contribution in [2.45, 2.75) is 25.8 Å². The highest BCUT2D eigenvalue weighted by Crippen LogP contribution is 2.28. The van der Waals surface area contributed by atoms with Gasteiger partial charge in [0, 0.05) is 28.9 Å². The molecule has 1 atom stereocenters. The highest BCUT2D eigenvalue weighted by Gasteiger charge is 2.35. The molecular formula is C18H19N3OS. The standard InChI is InChI=1S/C18H19N3OS/c1-2-3-14-8-13-10-19-15(9-17(13)23-14)18(22)20-16-11-21-6-4-12(16)5-7-21/h8-10,12,16H,4-7,11H2,1H3,(H,20,22). The Morgan fingerprint density at radius 1 is 1.39 bits per heavy atom. The van der Waals surface area contributed by atoms with Gasteiger partial charge < -0.3 is 10.2 Å². The number of rotatable bonds is 2. The molecule has 1 unspecified atom stereocenters. The van der Waals surface area contributed by atoms with Crippen LogP contribution >= 0.6 is 11.3 Å². The zero-order valence-electron chi connectivity index (χ0n) is 13.1. The van der Waals surface area contributed by atoms with E-state index in [1.54, 1.807) is 17.5 Å². The van der Waals surface area contributed by atoms with Crippen LogP contribution in [0, 0.1) is 17.8 Å². The van der Waals surface area contributed by atoms with E-state index in [9.17, 15) is 4.79 Å². The number of aromatic nitrogens is 1. The maximum absolute atomic E-state index is 12.5. The number of hydrogen-bond donors (Lipinski definition) is 1. The summed E-state index contributed by atoms with van der Waals surface area (Å²) in [7, 11) is 0. The van der Waals surface area contributed by atoms with E-state index in [0.29, 0.717) is 11.6 Å². The van der Waals surface area contributed by atoms with E-state index < -0.39 is 0 Å². The van der Waals surface area contributed by atoms with E-state index in [1.807, 2.05) is 19.1 Å². The van der Waals surface area contributed by atoms with Crippen molar-refractivity contribution in [1.82, 2.24) is 15.2 Å². The second kappa shape index (κ2) is 5.95. The first kappa shape index (κ1) is 14.7. The Morgan fingerprint density at radius 2 is 2.22 bits per heavy atom. The number of carbonyl (C=O) groups excluding carboxylic acids is 1. The fourth-order valence-electron chi connectivity index (χ4n) is 3.61. The Bertz CT molecular complexity index is 809. The molecule has 3 saturated heterocycles. The highest BCUT2D eigenvalue weighted by molar-refractivity contribution is 7.19. The first-order chi connectivity index (χ1) is 11.2. The van der Waals surface area contributed by atoms with Gasteiger partial charge >= 0.3 is 0 Å². The molecule has 3 aliphatic heterocycles. The third-order valence-corrected chi connectivity index (χ3v) is 5.87. The number of piperidine rings is 3. The molecule has 0 radical (unpaired) electrons. The number of thiophene rings is 1. The molecule has 0 aliphatic carbocycles. The van der Waals surface area contributed by atoms with Crippen molar-refractivity contribution in [1.29, 1.82) is 0 Å². The lowest BCUT2D eigenvalue weighted by molar-refractivity contribution is 0.0618. The average molecular weight is 325 g/mol. The van der Waals surface area contributed by atoms with Crippen LogP contribution in [0.15, 0.2) is 18.3 Å². The smallest absolute Gasteiger partial charge is 0.270 e. The monoisotopic (exact) mass is 325 g/mol. The summed E-state index contributed by atoms with van der Waals surface area (Å²) in [5.74, 6) is 6.54. The van der Waals surface area contributed by atoms with Crippen LogP contribution in [0.3, 0.4) is 0 Å². The predicted molar refractivity (Wildman–Crippen MR) is 92.6 cm³/mol. The molecule has 3 aliphatic rings. The maximum atomic E-state index is 12.5. The molecule has 2 aromatic rings. The van der Waals surface area contributed by atoms with Gasteiger partial charge in [-0.3, -0.25) is 9.78 Å². The Balaban J connectivity index is 1.53. The number of carbonyl (C=O) groups is 1. The van der Waals surface area contributed by atoms with Crippen LogP contribution in [-0.4, -0.2) is 41.5 Å². The summed E-state index contributed by atoms with van der Waals surface area (Å²) in [5, 5.41) is 4.25. The Kier molecular flexibility index (Phi) is 3.80. The Hall–Kier alpha value is -1.90. The van der Waals surface area contributed by atoms with Gasteiger partial charge in [-0.2, -0.15) is 0 Å². The molecule has 5 heteroatoms. The first-order valence-corrected chi connectivity index (χ1v) is 8.90. The minimum atomic E-state index is -0.0535. The third kappa shape index (κ3) is 2.85. The molecule has 1 N–H and O–H groups in total. The van der Waals surface area contributed by atoms with Gasteiger partial charge in [0.25, 0.3) is 5.91 Å². The molecular weight excluding hydrogens is 306 g/mol. The van der Waals surface area contributed by atoms with E-state index in [1.165, 1.54) is 25.9 Å². The van der Waals surface area contributed by atoms with Crippen molar-refractivity contribution in [3.8, 4) is 11.8 Å². The van der Waals surface area contributed by atoms with Crippen LogP contribution in [0.2, 0.25) is 0 Å². The summed E-state index contributed by atoms with van der Waals surface area (Å²) in [6, 6.07) is 4.18. The van der Waals surface area contributed by atoms with E-state index in [0.717, 1.165) is 21.5 Å². The number of pyridine rings is 1. The van der Waals surface area contributed by atoms with Gasteiger partial charge in [-0.25, -0.2) is 0 Å². The average Bonchev–Trinajstić information content (AvgIpc) is 2.97. The van der Waals surface area contributed by atoms with Crippen molar-refractivity contribution in [2.24, 2.45) is 5.92 Å². The van der Waals surface area contributed by atoms with E-state index in [2.05, 4.69) is 27.0 Å². The molecule has 0 aromatic carbocycles. The summed E-state index contributed by atoms with van der Waals surface area (Å²) >= 11 is 1.61. The number of hydrogen-bond acceptors (Lipinski definition) is 4. The van der Waals surface area contributed by atoms with Crippen LogP contribution in [0.1, 0.15) is 35.1 Å². The third-order valence-electron chi connectivity index (χ3n) is 4.86. The molecule has 5 heterocycles. The zero-order chi connectivity index (χ0) is 15.8. The lowest BCUT2D eigenvalue weighted by Crippen LogP contribution is -2.57. The largest absolute Gasteiger partial charge is 0.346 e. The summed E-state index contributed by atoms with van der Waals surface area (Å²) in [5.41, 5.74) is 0.506. The SMILES string of the molecule is CC#Cc1cc2cnc(C(=O)NC3CN4CCC3CC4)cc2s1. The minimum Gasteiger partial charge on any atom is -0.346 e. The number of nitrogens with one attached hydrogen (secondary N) is 1. The fraction of sp³-hybridized carbons (Fsp3) is 0.444. The zero-order valence-corrected chi connectivity index (χ0v) is 13.9. The van der Waals surface area contributed by atoms with Gasteiger partial charge in [0.2, 0.25) is 0 Å². The molecule has 4 nitrogen and oxygen atoms in total. The number of nitrogens with zero attached hydrogens (tertiary/aromatic N) is 2. The van der Waals surface area contributed by atoms with Gasteiger partial charge in [-0.1, -0.05) is 5.92 Å². The number of amides is 1. The second-order valence-corrected chi connectivity index (χ2v) is 7.39. The highest BCUT2D eigenvalue weighted by atomic mass is 32.1. The second-order valence-electron chi connectivity index (χ2n) is 6.31. The van der Waals surface area contributed by atoms with Crippen LogP contribution in [0.4, 0.5) is 0 Å². The van der Waals surface area contributed by atoms with Crippen LogP contribution in [0.25, 0.3) is 10.1 Å². The minimum absolute atomic E-state index is 0.0535. The quantitative estimate of drug-likeness (QED) is 0.863. The van der Waals surface area contributed by atoms with Crippen molar-refractivity contribution in [3.63, 3.8) is 0 Å². The van der Waals surface area contributed by atoms with Crippen molar-refractivity contribution >= 4 is 27.3 Å². The first-order valence-electron chi connectivity index (χ1n) is 8.08. The molecule has 2 aromatic heterocycles. The topological polar surface area (TPSA) is 45.2 Å². The molecule has 0 saturated carbocycles. The van der Waals surface area contributed by atoms with Gasteiger partial charge in [0.1, 0.15) is 5.69 Å². The molecule has 23 heavy (non-hydrogen) atoms. The van der Waals surface area contributed by atoms with E-state index in [-0.39, 0.29) is 11.9 Å². The summed E-state index contributed by atoms with van der Waals surface area (Å²) < 4.78 is 1.07. The lowest BCUT2D eigenvalue weighted by atomic mass is 9.84. The molecule has 0 spiro atoms. The molecule has 2 bridgehead atoms. The number of fused-ring (bicyclic) bond motifs is 4. The summed E-state index contributed by atoms with van der Waals surface area (Å²) in [6.45, 7) is 5.17. The van der Waals surface area contributed by atoms with E-state index >= 15 is 0 Å². The van der Waals surface area contributed by atoms with Gasteiger partial charge in [-0.15, -0.1) is 17.3 Å². The van der Waals surface area contributed by atoms with Crippen molar-refractivity contribution < 1.29 is 4.79 Å². The normalized spacial score (nSPS) is 25.9. The maximum Gasteiger partial charge on any atom is 0.270 e. The van der Waals surface area contributed by atoms with Crippen LogP contribution < -0.4 is 5.32 Å². The van der Waals surface area contributed by atoms with E-state index in [4.69, 9.17) is 0 Å². The van der Waals surface area contributed by atoms with Crippen LogP contribution in [-0.2, 0) is 0 Å². The molecule has 5 rings (SSSR count). The Morgan fingerprint density at radius 3 is 2.91 bits per heavy atom. The van der Waals surface area contributed by atoms with Gasteiger partial charge in [-0.05, 0) is 50.9 Å². The van der Waals surface area contributed by atoms with Crippen molar-refractivity contribution in [2.75, 3.05) is 19.6 Å². The predicted octanol–water partition coefficient (Wildman–Crippen LogP) is 2.49. The fourth-order valence-corrected chi connectivity index (χ4v) is 4.59. The summed E-state index contributed by atoms with van der Waals surface area (Å²) in [6.07, 6.45) is 4.17. The molecule has 1 amide bonds. The lowest BCUT2D eigenvalue weighted by Gasteiger charge is -2.44. The summed E-state index contributed by atoms with van der Waals surface area (Å²) in [4.78, 5) is 20.3. The van der Waals surface area contributed by atoms with Gasteiger partial charge in [0.15, 0.2) is 0 Å². The Labute approximate surface area is 139 Å².